The molecule has 1 fully saturated rings. The number of ketones is 1. The molecule has 0 aliphatic heterocycles. The molecule has 0 heterocycles. The van der Waals surface area contributed by atoms with Crippen molar-refractivity contribution >= 4 is 11.7 Å². The van der Waals surface area contributed by atoms with Crippen molar-refractivity contribution in [2.75, 3.05) is 0 Å². The molecule has 0 bridgehead atoms. The topological polar surface area (TPSA) is 46.2 Å². The monoisotopic (exact) mass is 321 g/mol. The standard InChI is InChI=1S/C21H23NO2/c1-15-7-9-16(10-8-15)19(23)13-14-20(24)22-21(18-11-12-18)17-5-3-2-4-6-17/h2-10,18,21H,11-14H2,1H3,(H,22,24)/t21-/m0/s1. The summed E-state index contributed by atoms with van der Waals surface area (Å²) in [4.78, 5) is 24.5. The van der Waals surface area contributed by atoms with Crippen molar-refractivity contribution in [1.82, 2.24) is 5.32 Å². The third-order valence-corrected chi connectivity index (χ3v) is 4.52. The second-order valence-electron chi connectivity index (χ2n) is 6.58. The van der Waals surface area contributed by atoms with Gasteiger partial charge in [0.2, 0.25) is 5.91 Å². The Morgan fingerprint density at radius 2 is 1.67 bits per heavy atom. The van der Waals surface area contributed by atoms with Crippen LogP contribution >= 0.6 is 0 Å². The molecule has 0 saturated heterocycles. The molecular formula is C21H23NO2. The highest BCUT2D eigenvalue weighted by Gasteiger charge is 2.33. The zero-order valence-electron chi connectivity index (χ0n) is 14.0. The van der Waals surface area contributed by atoms with Gasteiger partial charge in [-0.3, -0.25) is 9.59 Å². The molecule has 2 aromatic rings. The number of benzene rings is 2. The number of nitrogens with one attached hydrogen (secondary N) is 1. The molecule has 1 N–H and O–H groups in total. The van der Waals surface area contributed by atoms with E-state index in [9.17, 15) is 9.59 Å². The summed E-state index contributed by atoms with van der Waals surface area (Å²) in [5.74, 6) is 0.508. The molecule has 1 aliphatic carbocycles. The predicted molar refractivity (Wildman–Crippen MR) is 94.8 cm³/mol. The second kappa shape index (κ2) is 7.43. The molecule has 2 aromatic carbocycles. The molecule has 1 aliphatic rings. The van der Waals surface area contributed by atoms with Gasteiger partial charge in [-0.25, -0.2) is 0 Å². The fraction of sp³-hybridized carbons (Fsp3) is 0.333. The number of aryl methyl sites for hydroxylation is 1. The van der Waals surface area contributed by atoms with Crippen LogP contribution in [0.15, 0.2) is 54.6 Å². The van der Waals surface area contributed by atoms with Gasteiger partial charge >= 0.3 is 0 Å². The molecule has 0 radical (unpaired) electrons. The SMILES string of the molecule is Cc1ccc(C(=O)CCC(=O)N[C@@H](c2ccccc2)C2CC2)cc1. The second-order valence-corrected chi connectivity index (χ2v) is 6.58. The molecule has 124 valence electrons. The minimum absolute atomic E-state index is 0.0211. The van der Waals surface area contributed by atoms with E-state index in [4.69, 9.17) is 0 Å². The van der Waals surface area contributed by atoms with E-state index in [-0.39, 0.29) is 30.6 Å². The molecule has 1 saturated carbocycles. The fourth-order valence-electron chi connectivity index (χ4n) is 2.92. The average Bonchev–Trinajstić information content (AvgIpc) is 3.44. The van der Waals surface area contributed by atoms with Crippen molar-refractivity contribution in [3.05, 3.63) is 71.3 Å². The lowest BCUT2D eigenvalue weighted by Crippen LogP contribution is -2.30. The minimum atomic E-state index is -0.0452. The lowest BCUT2D eigenvalue weighted by atomic mass is 10.0. The van der Waals surface area contributed by atoms with Crippen LogP contribution in [-0.4, -0.2) is 11.7 Å². The maximum atomic E-state index is 12.3. The summed E-state index contributed by atoms with van der Waals surface area (Å²) >= 11 is 0. The normalized spacial score (nSPS) is 14.9. The van der Waals surface area contributed by atoms with Crippen molar-refractivity contribution in [3.63, 3.8) is 0 Å². The van der Waals surface area contributed by atoms with Gasteiger partial charge < -0.3 is 5.32 Å². The first-order valence-corrected chi connectivity index (χ1v) is 8.57. The van der Waals surface area contributed by atoms with E-state index in [1.807, 2.05) is 49.4 Å². The number of hydrogen-bond donors (Lipinski definition) is 1. The van der Waals surface area contributed by atoms with Crippen LogP contribution in [0.2, 0.25) is 0 Å². The summed E-state index contributed by atoms with van der Waals surface area (Å²) in [6.07, 6.45) is 2.80. The summed E-state index contributed by atoms with van der Waals surface area (Å²) < 4.78 is 0. The van der Waals surface area contributed by atoms with Gasteiger partial charge in [0.05, 0.1) is 6.04 Å². The van der Waals surface area contributed by atoms with Crippen LogP contribution in [0.25, 0.3) is 0 Å². The van der Waals surface area contributed by atoms with Crippen LogP contribution in [0.4, 0.5) is 0 Å². The van der Waals surface area contributed by atoms with Crippen LogP contribution in [0.3, 0.4) is 0 Å². The maximum Gasteiger partial charge on any atom is 0.220 e. The number of Topliss-reactive ketones (excluding diaryl/α,β-unsaturated/α-hetero) is 1. The Hall–Kier alpha value is -2.42. The van der Waals surface area contributed by atoms with E-state index in [1.54, 1.807) is 0 Å². The van der Waals surface area contributed by atoms with E-state index in [0.29, 0.717) is 11.5 Å². The van der Waals surface area contributed by atoms with Crippen LogP contribution in [0.5, 0.6) is 0 Å². The third-order valence-electron chi connectivity index (χ3n) is 4.52. The fourth-order valence-corrected chi connectivity index (χ4v) is 2.92. The zero-order chi connectivity index (χ0) is 16.9. The van der Waals surface area contributed by atoms with Crippen LogP contribution in [0.1, 0.15) is 53.2 Å². The van der Waals surface area contributed by atoms with Crippen LogP contribution in [-0.2, 0) is 4.79 Å². The number of carbonyl (C=O) groups excluding carboxylic acids is 2. The Morgan fingerprint density at radius 3 is 2.29 bits per heavy atom. The first kappa shape index (κ1) is 16.4. The maximum absolute atomic E-state index is 12.3. The molecule has 0 aromatic heterocycles. The molecule has 0 spiro atoms. The van der Waals surface area contributed by atoms with E-state index in [1.165, 1.54) is 0 Å². The van der Waals surface area contributed by atoms with Gasteiger partial charge in [0.15, 0.2) is 5.78 Å². The van der Waals surface area contributed by atoms with Crippen molar-refractivity contribution in [2.45, 2.75) is 38.6 Å². The molecule has 1 atom stereocenters. The number of amides is 1. The smallest absolute Gasteiger partial charge is 0.220 e. The largest absolute Gasteiger partial charge is 0.349 e. The third kappa shape index (κ3) is 4.31. The van der Waals surface area contributed by atoms with Gasteiger partial charge in [0.1, 0.15) is 0 Å². The summed E-state index contributed by atoms with van der Waals surface area (Å²) in [6.45, 7) is 1.99. The summed E-state index contributed by atoms with van der Waals surface area (Å²) in [5, 5.41) is 3.12. The lowest BCUT2D eigenvalue weighted by Gasteiger charge is -2.18. The highest BCUT2D eigenvalue weighted by Crippen LogP contribution is 2.40. The number of hydrogen-bond acceptors (Lipinski definition) is 2. The molecular weight excluding hydrogens is 298 g/mol. The summed E-state index contributed by atoms with van der Waals surface area (Å²) in [7, 11) is 0. The quantitative estimate of drug-likeness (QED) is 0.776. The van der Waals surface area contributed by atoms with Gasteiger partial charge in [-0.1, -0.05) is 60.2 Å². The number of carbonyl (C=O) groups is 2. The highest BCUT2D eigenvalue weighted by molar-refractivity contribution is 5.98. The summed E-state index contributed by atoms with van der Waals surface area (Å²) in [6, 6.07) is 17.7. The zero-order valence-corrected chi connectivity index (χ0v) is 14.0. The molecule has 3 rings (SSSR count). The van der Waals surface area contributed by atoms with E-state index < -0.39 is 0 Å². The van der Waals surface area contributed by atoms with Gasteiger partial charge in [-0.05, 0) is 31.2 Å². The average molecular weight is 321 g/mol. The minimum Gasteiger partial charge on any atom is -0.349 e. The molecule has 3 heteroatoms. The predicted octanol–water partition coefficient (Wildman–Crippen LogP) is 4.23. The Balaban J connectivity index is 1.54. The molecule has 1 amide bonds. The van der Waals surface area contributed by atoms with E-state index in [0.717, 1.165) is 24.0 Å². The molecule has 3 nitrogen and oxygen atoms in total. The van der Waals surface area contributed by atoms with Crippen LogP contribution in [0, 0.1) is 12.8 Å². The highest BCUT2D eigenvalue weighted by atomic mass is 16.2. The molecule has 24 heavy (non-hydrogen) atoms. The van der Waals surface area contributed by atoms with Crippen LogP contribution < -0.4 is 5.32 Å². The number of rotatable bonds is 7. The van der Waals surface area contributed by atoms with Crippen molar-refractivity contribution in [1.29, 1.82) is 0 Å². The lowest BCUT2D eigenvalue weighted by molar-refractivity contribution is -0.122. The first-order chi connectivity index (χ1) is 11.6. The van der Waals surface area contributed by atoms with Gasteiger partial charge in [-0.15, -0.1) is 0 Å². The van der Waals surface area contributed by atoms with Crippen molar-refractivity contribution in [2.24, 2.45) is 5.92 Å². The summed E-state index contributed by atoms with van der Waals surface area (Å²) in [5.41, 5.74) is 2.95. The van der Waals surface area contributed by atoms with Gasteiger partial charge in [0.25, 0.3) is 0 Å². The Kier molecular flexibility index (Phi) is 5.09. The van der Waals surface area contributed by atoms with Crippen molar-refractivity contribution in [3.8, 4) is 0 Å². The van der Waals surface area contributed by atoms with Crippen molar-refractivity contribution < 1.29 is 9.59 Å². The first-order valence-electron chi connectivity index (χ1n) is 8.57. The van der Waals surface area contributed by atoms with Gasteiger partial charge in [0, 0.05) is 18.4 Å². The Labute approximate surface area is 143 Å². The van der Waals surface area contributed by atoms with E-state index >= 15 is 0 Å². The Bertz CT molecular complexity index is 702. The Morgan fingerprint density at radius 1 is 1.00 bits per heavy atom. The molecule has 0 unspecified atom stereocenters. The van der Waals surface area contributed by atoms with E-state index in [2.05, 4.69) is 17.4 Å². The van der Waals surface area contributed by atoms with Gasteiger partial charge in [-0.2, -0.15) is 0 Å².